The largest absolute Gasteiger partial charge is 0.636 e. The van der Waals surface area contributed by atoms with Crippen molar-refractivity contribution < 1.29 is 88.3 Å². The average molecular weight is 910 g/mol. The minimum absolute atomic E-state index is 0.205. The molecule has 0 saturated carbocycles. The lowest BCUT2D eigenvalue weighted by molar-refractivity contribution is 0.375. The Morgan fingerprint density at radius 2 is 0.828 bits per heavy atom. The highest BCUT2D eigenvalue weighted by molar-refractivity contribution is 6.66. The van der Waals surface area contributed by atoms with Gasteiger partial charge in [-0.25, -0.2) is 70.2 Å². The first-order valence-corrected chi connectivity index (χ1v) is 17.8. The van der Waals surface area contributed by atoms with Crippen molar-refractivity contribution in [3.8, 4) is 22.6 Å². The molecule has 64 heavy (non-hydrogen) atoms. The zero-order valence-corrected chi connectivity index (χ0v) is 30.4. The van der Waals surface area contributed by atoms with Gasteiger partial charge in [0.05, 0.1) is 37.8 Å². The van der Waals surface area contributed by atoms with Crippen LogP contribution < -0.4 is 14.8 Å². The molecule has 1 aliphatic rings. The van der Waals surface area contributed by atoms with Gasteiger partial charge >= 0.3 is 7.12 Å². The van der Waals surface area contributed by atoms with Gasteiger partial charge in [-0.1, -0.05) is 24.3 Å². The molecule has 0 spiro atoms. The quantitative estimate of drug-likeness (QED) is 0.0563. The predicted octanol–water partition coefficient (Wildman–Crippen LogP) is 12.8. The molecule has 21 heteroatoms. The molecule has 0 amide bonds. The normalized spacial score (nSPS) is 12.5. The Kier molecular flexibility index (Phi) is 8.79. The van der Waals surface area contributed by atoms with Crippen LogP contribution in [-0.4, -0.2) is 7.12 Å². The van der Waals surface area contributed by atoms with E-state index in [1.54, 1.807) is 0 Å². The summed E-state index contributed by atoms with van der Waals surface area (Å²) in [6, 6.07) is 5.96. The molecule has 0 atom stereocenters. The minimum atomic E-state index is -3.50. The molecular formula is C43H9BF18O2. The zero-order valence-electron chi connectivity index (χ0n) is 30.4. The number of benzene rings is 9. The summed E-state index contributed by atoms with van der Waals surface area (Å²) in [5.41, 5.74) is -4.68. The summed E-state index contributed by atoms with van der Waals surface area (Å²) in [4.78, 5) is 0. The van der Waals surface area contributed by atoms with Crippen LogP contribution in [0.1, 0.15) is 11.1 Å². The Labute approximate surface area is 341 Å². The van der Waals surface area contributed by atoms with Crippen molar-refractivity contribution in [3.05, 3.63) is 158 Å². The molecule has 0 unspecified atom stereocenters. The van der Waals surface area contributed by atoms with E-state index in [1.807, 2.05) is 0 Å². The lowest BCUT2D eigenvalue weighted by Crippen LogP contribution is -2.46. The van der Waals surface area contributed by atoms with Gasteiger partial charge in [0.15, 0.2) is 87.2 Å². The summed E-state index contributed by atoms with van der Waals surface area (Å²) in [7, 11) is -3.50. The summed E-state index contributed by atoms with van der Waals surface area (Å²) in [6.07, 6.45) is -0.807. The molecule has 0 bridgehead atoms. The van der Waals surface area contributed by atoms with E-state index >= 15 is 70.2 Å². The van der Waals surface area contributed by atoms with Crippen LogP contribution >= 0.6 is 0 Å². The van der Waals surface area contributed by atoms with Gasteiger partial charge in [0.25, 0.3) is 0 Å². The van der Waals surface area contributed by atoms with E-state index in [9.17, 15) is 8.78 Å². The van der Waals surface area contributed by atoms with Crippen molar-refractivity contribution in [1.82, 2.24) is 0 Å². The number of rotatable bonds is 5. The number of fused-ring (bicyclic) bond motifs is 5. The van der Waals surface area contributed by atoms with Gasteiger partial charge in [-0.2, -0.15) is 8.78 Å². The van der Waals surface area contributed by atoms with E-state index < -0.39 is 206 Å². The van der Waals surface area contributed by atoms with Crippen molar-refractivity contribution in [1.29, 1.82) is 0 Å². The van der Waals surface area contributed by atoms with Gasteiger partial charge in [0, 0.05) is 33.9 Å². The first-order valence-electron chi connectivity index (χ1n) is 17.8. The maximum Gasteiger partial charge on any atom is 0.636 e. The number of halogens is 18. The smallest absolute Gasteiger partial charge is 0.519 e. The highest BCUT2D eigenvalue weighted by Gasteiger charge is 2.44. The fourth-order valence-electron chi connectivity index (χ4n) is 8.45. The highest BCUT2D eigenvalue weighted by Crippen LogP contribution is 2.50. The Balaban J connectivity index is 1.35. The van der Waals surface area contributed by atoms with E-state index in [-0.39, 0.29) is 5.56 Å². The van der Waals surface area contributed by atoms with Crippen molar-refractivity contribution >= 4 is 66.4 Å². The number of hydrogen-bond acceptors (Lipinski definition) is 2. The molecule has 0 aliphatic heterocycles. The van der Waals surface area contributed by atoms with Gasteiger partial charge < -0.3 is 9.31 Å². The van der Waals surface area contributed by atoms with E-state index in [2.05, 4.69) is 0 Å². The van der Waals surface area contributed by atoms with Crippen LogP contribution in [0.4, 0.5) is 79.0 Å². The second-order valence-corrected chi connectivity index (χ2v) is 14.4. The molecule has 9 aromatic carbocycles. The number of hydrogen-bond donors (Lipinski definition) is 0. The molecule has 0 N–H and O–H groups in total. The molecule has 2 nitrogen and oxygen atoms in total. The topological polar surface area (TPSA) is 18.5 Å². The minimum Gasteiger partial charge on any atom is -0.519 e. The van der Waals surface area contributed by atoms with Crippen molar-refractivity contribution in [2.24, 2.45) is 0 Å². The van der Waals surface area contributed by atoms with E-state index in [0.717, 1.165) is 30.3 Å². The Morgan fingerprint density at radius 3 is 1.47 bits per heavy atom. The zero-order chi connectivity index (χ0) is 45.9. The Morgan fingerprint density at radius 1 is 0.359 bits per heavy atom. The molecule has 1 aliphatic carbocycles. The lowest BCUT2D eigenvalue weighted by Gasteiger charge is -2.24. The molecular weight excluding hydrogens is 901 g/mol. The van der Waals surface area contributed by atoms with Gasteiger partial charge in [-0.05, 0) is 34.5 Å². The average Bonchev–Trinajstić information content (AvgIpc) is 3.66. The van der Waals surface area contributed by atoms with Crippen LogP contribution in [0, 0.1) is 105 Å². The fourth-order valence-corrected chi connectivity index (χ4v) is 8.45. The molecule has 9 aromatic rings. The van der Waals surface area contributed by atoms with Crippen LogP contribution in [0.15, 0.2) is 42.5 Å². The summed E-state index contributed by atoms with van der Waals surface area (Å²) >= 11 is 0. The third kappa shape index (κ3) is 5.11. The van der Waals surface area contributed by atoms with Crippen molar-refractivity contribution in [2.75, 3.05) is 0 Å². The van der Waals surface area contributed by atoms with Crippen LogP contribution in [0.2, 0.25) is 0 Å². The van der Waals surface area contributed by atoms with E-state index in [0.29, 0.717) is 12.1 Å². The van der Waals surface area contributed by atoms with Gasteiger partial charge in [-0.3, -0.25) is 0 Å². The fraction of sp³-hybridized carbons (Fsp3) is 0.0233. The SMILES string of the molecule is Fc1cccc2c1-c1c(F)c(F)c(F)c(OB(Oc3c(F)c(F)c4c(F)c(F)c5c(F)c(F)c(F)c6c(F)c(F)c3c4c56)c3c(F)c(F)c(F)c4c(F)c5c(F)cccc5cc34)c1C2. The summed E-state index contributed by atoms with van der Waals surface area (Å²) in [5.74, 6) is -47.1. The van der Waals surface area contributed by atoms with Crippen LogP contribution in [0.3, 0.4) is 0 Å². The molecule has 0 radical (unpaired) electrons. The van der Waals surface area contributed by atoms with E-state index in [1.165, 1.54) is 0 Å². The molecule has 0 heterocycles. The molecule has 10 rings (SSSR count). The Bertz CT molecular complexity index is 3630. The van der Waals surface area contributed by atoms with Gasteiger partial charge in [0.1, 0.15) is 23.2 Å². The highest BCUT2D eigenvalue weighted by atomic mass is 19.2. The van der Waals surface area contributed by atoms with Crippen molar-refractivity contribution in [2.45, 2.75) is 6.42 Å². The molecule has 0 saturated heterocycles. The monoisotopic (exact) mass is 910 g/mol. The first kappa shape index (κ1) is 41.0. The summed E-state index contributed by atoms with van der Waals surface area (Å²) in [6.45, 7) is 0. The third-order valence-electron chi connectivity index (χ3n) is 11.1. The second-order valence-electron chi connectivity index (χ2n) is 14.4. The first-order chi connectivity index (χ1) is 30.3. The predicted molar refractivity (Wildman–Crippen MR) is 192 cm³/mol. The van der Waals surface area contributed by atoms with Crippen LogP contribution in [0.25, 0.3) is 65.0 Å². The Hall–Kier alpha value is -7.06. The third-order valence-corrected chi connectivity index (χ3v) is 11.1. The maximum atomic E-state index is 16.5. The van der Waals surface area contributed by atoms with Gasteiger partial charge in [0.2, 0.25) is 5.82 Å². The van der Waals surface area contributed by atoms with Crippen LogP contribution in [0.5, 0.6) is 11.5 Å². The molecule has 322 valence electrons. The second kappa shape index (κ2) is 13.7. The molecule has 0 aromatic heterocycles. The standard InChI is InChI=1S/C43H9BF18O2/c45-13-5-1-3-9-8-12-17(15(9)13)27(48)39(60)41(62)42(12)63-44(25-11-7-10-4-2-6-14(46)16(10)26(47)18(11)28(49)38(59)36(25)57)64-43-24-20-19-21(29(50)30(51)23(20)34(55)40(43)61)32(53)37(58)33(54)22(19)31(52)35(24)56/h1-7H,8H2. The maximum absolute atomic E-state index is 16.5. The van der Waals surface area contributed by atoms with Gasteiger partial charge in [-0.15, -0.1) is 0 Å². The molecule has 0 fully saturated rings. The van der Waals surface area contributed by atoms with Crippen LogP contribution in [-0.2, 0) is 6.42 Å². The van der Waals surface area contributed by atoms with E-state index in [4.69, 9.17) is 9.31 Å². The summed E-state index contributed by atoms with van der Waals surface area (Å²) in [5, 5.41) is -16.2. The van der Waals surface area contributed by atoms with Crippen molar-refractivity contribution in [3.63, 3.8) is 0 Å². The summed E-state index contributed by atoms with van der Waals surface area (Å²) < 4.78 is 292. The lowest BCUT2D eigenvalue weighted by atomic mass is 9.74.